The molecule has 0 bridgehead atoms. The third-order valence-corrected chi connectivity index (χ3v) is 4.80. The van der Waals surface area contributed by atoms with Crippen LogP contribution < -0.4 is 11.0 Å². The predicted octanol–water partition coefficient (Wildman–Crippen LogP) is 1.28. The van der Waals surface area contributed by atoms with Crippen molar-refractivity contribution in [3.63, 3.8) is 0 Å². The van der Waals surface area contributed by atoms with E-state index in [0.717, 1.165) is 5.56 Å². The number of amides is 2. The molecule has 0 unspecified atom stereocenters. The minimum atomic E-state index is -0.348. The summed E-state index contributed by atoms with van der Waals surface area (Å²) in [5.74, 6) is -0.332. The van der Waals surface area contributed by atoms with E-state index in [2.05, 4.69) is 15.5 Å². The number of carbonyl (C=O) groups excluding carboxylic acids is 2. The van der Waals surface area contributed by atoms with Gasteiger partial charge in [0.1, 0.15) is 0 Å². The second-order valence-corrected chi connectivity index (χ2v) is 8.48. The van der Waals surface area contributed by atoms with Crippen molar-refractivity contribution in [2.75, 3.05) is 19.3 Å². The molecule has 0 aliphatic rings. The molecule has 0 aliphatic carbocycles. The van der Waals surface area contributed by atoms with Crippen LogP contribution in [0.2, 0.25) is 0 Å². The molecule has 28 heavy (non-hydrogen) atoms. The number of hydrogen-bond acceptors (Lipinski definition) is 5. The van der Waals surface area contributed by atoms with Gasteiger partial charge in [0, 0.05) is 19.1 Å². The Morgan fingerprint density at radius 2 is 1.93 bits per heavy atom. The summed E-state index contributed by atoms with van der Waals surface area (Å²) < 4.78 is 1.53. The van der Waals surface area contributed by atoms with Gasteiger partial charge in [-0.05, 0) is 32.8 Å². The molecule has 1 aromatic carbocycles. The number of rotatable bonds is 8. The Kier molecular flexibility index (Phi) is 7.45. The third kappa shape index (κ3) is 6.88. The van der Waals surface area contributed by atoms with E-state index in [1.807, 2.05) is 51.1 Å². The Balaban J connectivity index is 1.89. The molecule has 1 aromatic heterocycles. The molecule has 0 fully saturated rings. The van der Waals surface area contributed by atoms with Gasteiger partial charge in [-0.25, -0.2) is 9.89 Å². The summed E-state index contributed by atoms with van der Waals surface area (Å²) in [5.41, 5.74) is 0.468. The van der Waals surface area contributed by atoms with E-state index in [-0.39, 0.29) is 35.3 Å². The molecule has 0 saturated heterocycles. The fourth-order valence-electron chi connectivity index (χ4n) is 2.49. The SMILES string of the molecule is CN(CC(=O)NC(C)(C)C)C(=O)CSc1n[nH]c(=O)n1CCc1ccccc1. The fourth-order valence-corrected chi connectivity index (χ4v) is 3.41. The van der Waals surface area contributed by atoms with Crippen molar-refractivity contribution in [3.8, 4) is 0 Å². The molecule has 2 amide bonds. The first-order valence-corrected chi connectivity index (χ1v) is 10.0. The number of likely N-dealkylation sites (N-methyl/N-ethyl adjacent to an activating group) is 1. The summed E-state index contributed by atoms with van der Waals surface area (Å²) >= 11 is 1.18. The zero-order valence-electron chi connectivity index (χ0n) is 16.7. The predicted molar refractivity (Wildman–Crippen MR) is 109 cm³/mol. The van der Waals surface area contributed by atoms with Gasteiger partial charge in [-0.3, -0.25) is 14.2 Å². The Morgan fingerprint density at radius 3 is 2.57 bits per heavy atom. The summed E-state index contributed by atoms with van der Waals surface area (Å²) in [7, 11) is 1.58. The van der Waals surface area contributed by atoms with Gasteiger partial charge >= 0.3 is 5.69 Å². The largest absolute Gasteiger partial charge is 0.350 e. The molecule has 1 heterocycles. The van der Waals surface area contributed by atoms with Crippen molar-refractivity contribution in [2.24, 2.45) is 0 Å². The average Bonchev–Trinajstić information content (AvgIpc) is 2.96. The van der Waals surface area contributed by atoms with Gasteiger partial charge in [0.05, 0.1) is 12.3 Å². The maximum absolute atomic E-state index is 12.3. The summed E-state index contributed by atoms with van der Waals surface area (Å²) in [5, 5.41) is 9.72. The van der Waals surface area contributed by atoms with Crippen LogP contribution in [-0.4, -0.2) is 56.4 Å². The summed E-state index contributed by atoms with van der Waals surface area (Å²) in [6.07, 6.45) is 0.689. The zero-order valence-corrected chi connectivity index (χ0v) is 17.5. The van der Waals surface area contributed by atoms with Crippen LogP contribution in [0.4, 0.5) is 0 Å². The maximum Gasteiger partial charge on any atom is 0.343 e. The lowest BCUT2D eigenvalue weighted by Gasteiger charge is -2.23. The molecule has 2 aromatic rings. The van der Waals surface area contributed by atoms with Gasteiger partial charge < -0.3 is 10.2 Å². The lowest BCUT2D eigenvalue weighted by molar-refractivity contribution is -0.133. The number of benzene rings is 1. The Bertz CT molecular complexity index is 854. The van der Waals surface area contributed by atoms with Gasteiger partial charge in [0.2, 0.25) is 11.8 Å². The number of aromatic nitrogens is 3. The lowest BCUT2D eigenvalue weighted by Crippen LogP contribution is -2.46. The molecule has 0 saturated carbocycles. The number of nitrogens with zero attached hydrogens (tertiary/aromatic N) is 3. The Morgan fingerprint density at radius 1 is 1.25 bits per heavy atom. The molecule has 0 radical (unpaired) electrons. The smallest absolute Gasteiger partial charge is 0.343 e. The molecular weight excluding hydrogens is 378 g/mol. The van der Waals surface area contributed by atoms with Gasteiger partial charge in [-0.1, -0.05) is 42.1 Å². The van der Waals surface area contributed by atoms with Crippen molar-refractivity contribution >= 4 is 23.6 Å². The van der Waals surface area contributed by atoms with E-state index in [9.17, 15) is 14.4 Å². The second-order valence-electron chi connectivity index (χ2n) is 7.54. The monoisotopic (exact) mass is 405 g/mol. The summed E-state index contributed by atoms with van der Waals surface area (Å²) in [6.45, 7) is 6.11. The van der Waals surface area contributed by atoms with Gasteiger partial charge in [0.25, 0.3) is 0 Å². The van der Waals surface area contributed by atoms with Gasteiger partial charge in [-0.2, -0.15) is 0 Å². The highest BCUT2D eigenvalue weighted by Crippen LogP contribution is 2.14. The van der Waals surface area contributed by atoms with E-state index in [0.29, 0.717) is 18.1 Å². The minimum absolute atomic E-state index is 0.0158. The van der Waals surface area contributed by atoms with Crippen LogP contribution in [0.3, 0.4) is 0 Å². The van der Waals surface area contributed by atoms with Crippen LogP contribution in [0.5, 0.6) is 0 Å². The van der Waals surface area contributed by atoms with Crippen molar-refractivity contribution in [1.29, 1.82) is 0 Å². The van der Waals surface area contributed by atoms with Crippen molar-refractivity contribution in [3.05, 3.63) is 46.4 Å². The Labute approximate surface area is 168 Å². The molecular formula is C19H27N5O3S. The number of aromatic amines is 1. The number of H-pyrrole nitrogens is 1. The van der Waals surface area contributed by atoms with Crippen LogP contribution in [-0.2, 0) is 22.6 Å². The zero-order chi connectivity index (χ0) is 20.7. The molecule has 0 atom stereocenters. The van der Waals surface area contributed by atoms with Crippen LogP contribution in [0.25, 0.3) is 0 Å². The Hall–Kier alpha value is -2.55. The summed E-state index contributed by atoms with van der Waals surface area (Å²) in [4.78, 5) is 37.6. The number of carbonyl (C=O) groups is 2. The molecule has 0 spiro atoms. The van der Waals surface area contributed by atoms with Crippen molar-refractivity contribution in [2.45, 2.75) is 44.4 Å². The third-order valence-electron chi connectivity index (χ3n) is 3.84. The highest BCUT2D eigenvalue weighted by molar-refractivity contribution is 7.99. The number of hydrogen-bond donors (Lipinski definition) is 2. The van der Waals surface area contributed by atoms with Crippen LogP contribution in [0.1, 0.15) is 26.3 Å². The van der Waals surface area contributed by atoms with E-state index < -0.39 is 0 Å². The highest BCUT2D eigenvalue weighted by atomic mass is 32.2. The first-order chi connectivity index (χ1) is 13.2. The first-order valence-electron chi connectivity index (χ1n) is 9.02. The van der Waals surface area contributed by atoms with Gasteiger partial charge in [0.15, 0.2) is 5.16 Å². The average molecular weight is 406 g/mol. The number of thioether (sulfide) groups is 1. The topological polar surface area (TPSA) is 100 Å². The molecule has 2 N–H and O–H groups in total. The molecule has 8 nitrogen and oxygen atoms in total. The quantitative estimate of drug-likeness (QED) is 0.645. The molecule has 0 aliphatic heterocycles. The molecule has 9 heteroatoms. The normalized spacial score (nSPS) is 11.3. The van der Waals surface area contributed by atoms with Crippen molar-refractivity contribution < 1.29 is 9.59 Å². The van der Waals surface area contributed by atoms with E-state index in [1.54, 1.807) is 7.05 Å². The highest BCUT2D eigenvalue weighted by Gasteiger charge is 2.19. The van der Waals surface area contributed by atoms with Crippen LogP contribution >= 0.6 is 11.8 Å². The molecule has 152 valence electrons. The van der Waals surface area contributed by atoms with Crippen LogP contribution in [0, 0.1) is 0 Å². The van der Waals surface area contributed by atoms with Gasteiger partial charge in [-0.15, -0.1) is 5.10 Å². The standard InChI is InChI=1S/C19H27N5O3S/c1-19(2,3)20-15(25)12-23(4)16(26)13-28-18-22-21-17(27)24(18)11-10-14-8-6-5-7-9-14/h5-9H,10-13H2,1-4H3,(H,20,25)(H,21,27). The van der Waals surface area contributed by atoms with Crippen molar-refractivity contribution in [1.82, 2.24) is 25.0 Å². The number of aryl methyl sites for hydroxylation is 1. The first kappa shape index (κ1) is 21.7. The van der Waals surface area contributed by atoms with E-state index in [1.165, 1.54) is 21.2 Å². The van der Waals surface area contributed by atoms with E-state index in [4.69, 9.17) is 0 Å². The van der Waals surface area contributed by atoms with Crippen LogP contribution in [0.15, 0.2) is 40.3 Å². The summed E-state index contributed by atoms with van der Waals surface area (Å²) in [6, 6.07) is 9.84. The minimum Gasteiger partial charge on any atom is -0.350 e. The lowest BCUT2D eigenvalue weighted by atomic mass is 10.1. The fraction of sp³-hybridized carbons (Fsp3) is 0.474. The number of nitrogens with one attached hydrogen (secondary N) is 2. The molecule has 2 rings (SSSR count). The second kappa shape index (κ2) is 9.59. The van der Waals surface area contributed by atoms with E-state index >= 15 is 0 Å². The maximum atomic E-state index is 12.3.